The summed E-state index contributed by atoms with van der Waals surface area (Å²) in [7, 11) is 0. The van der Waals surface area contributed by atoms with Gasteiger partial charge in [0.1, 0.15) is 0 Å². The number of benzene rings is 1. The molecule has 1 rings (SSSR count). The molecule has 0 aliphatic heterocycles. The summed E-state index contributed by atoms with van der Waals surface area (Å²) in [5.74, 6) is -0.674. The fourth-order valence-electron chi connectivity index (χ4n) is 0.946. The first-order chi connectivity index (χ1) is 6.69. The van der Waals surface area contributed by atoms with Crippen molar-refractivity contribution in [2.24, 2.45) is 4.99 Å². The maximum absolute atomic E-state index is 13.2. The van der Waals surface area contributed by atoms with E-state index in [9.17, 15) is 9.18 Å². The maximum atomic E-state index is 13.2. The second kappa shape index (κ2) is 4.74. The van der Waals surface area contributed by atoms with Crippen LogP contribution in [-0.2, 0) is 4.79 Å². The highest BCUT2D eigenvalue weighted by molar-refractivity contribution is 6.32. The molecule has 0 fully saturated rings. The minimum Gasteiger partial charge on any atom is -0.489 e. The Balaban J connectivity index is 3.17. The molecule has 74 valence electrons. The molecule has 0 radical (unpaired) electrons. The molecule has 0 heterocycles. The Morgan fingerprint density at radius 1 is 1.64 bits per heavy atom. The van der Waals surface area contributed by atoms with Gasteiger partial charge in [-0.15, -0.1) is 0 Å². The fraction of sp³-hybridized carbons (Fsp3) is 0.222. The zero-order chi connectivity index (χ0) is 10.6. The SMILES string of the molecule is CCOc1c(F)cc(N=C=O)cc1Cl. The average molecular weight is 216 g/mol. The van der Waals surface area contributed by atoms with E-state index in [-0.39, 0.29) is 16.5 Å². The van der Waals surface area contributed by atoms with Crippen molar-refractivity contribution in [3.8, 4) is 5.75 Å². The third-order valence-corrected chi connectivity index (χ3v) is 1.73. The van der Waals surface area contributed by atoms with Crippen LogP contribution in [0.3, 0.4) is 0 Å². The summed E-state index contributed by atoms with van der Waals surface area (Å²) in [6.45, 7) is 2.03. The molecule has 1 aromatic carbocycles. The lowest BCUT2D eigenvalue weighted by molar-refractivity contribution is 0.322. The van der Waals surface area contributed by atoms with Gasteiger partial charge in [0.05, 0.1) is 17.3 Å². The zero-order valence-corrected chi connectivity index (χ0v) is 8.14. The van der Waals surface area contributed by atoms with Crippen molar-refractivity contribution < 1.29 is 13.9 Å². The lowest BCUT2D eigenvalue weighted by Gasteiger charge is -2.06. The van der Waals surface area contributed by atoms with Crippen LogP contribution in [-0.4, -0.2) is 12.7 Å². The van der Waals surface area contributed by atoms with Crippen LogP contribution in [0.25, 0.3) is 0 Å². The van der Waals surface area contributed by atoms with E-state index in [1.54, 1.807) is 6.92 Å². The summed E-state index contributed by atoms with van der Waals surface area (Å²) in [6, 6.07) is 2.39. The summed E-state index contributed by atoms with van der Waals surface area (Å²) >= 11 is 5.69. The first-order valence-corrected chi connectivity index (χ1v) is 4.26. The van der Waals surface area contributed by atoms with Gasteiger partial charge in [0.15, 0.2) is 11.6 Å². The van der Waals surface area contributed by atoms with Gasteiger partial charge in [-0.25, -0.2) is 9.18 Å². The van der Waals surface area contributed by atoms with Crippen molar-refractivity contribution in [3.63, 3.8) is 0 Å². The van der Waals surface area contributed by atoms with Gasteiger partial charge in [-0.3, -0.25) is 0 Å². The number of ether oxygens (including phenoxy) is 1. The Morgan fingerprint density at radius 3 is 2.86 bits per heavy atom. The number of carbonyl (C=O) groups excluding carboxylic acids is 1. The van der Waals surface area contributed by atoms with E-state index in [1.165, 1.54) is 12.1 Å². The Bertz CT molecular complexity index is 365. The van der Waals surface area contributed by atoms with E-state index in [0.717, 1.165) is 6.07 Å². The largest absolute Gasteiger partial charge is 0.489 e. The first kappa shape index (κ1) is 10.7. The van der Waals surface area contributed by atoms with E-state index in [0.29, 0.717) is 6.61 Å². The second-order valence-electron chi connectivity index (χ2n) is 2.37. The van der Waals surface area contributed by atoms with Crippen LogP contribution >= 0.6 is 11.6 Å². The van der Waals surface area contributed by atoms with Crippen molar-refractivity contribution in [2.75, 3.05) is 6.61 Å². The lowest BCUT2D eigenvalue weighted by Crippen LogP contribution is -1.95. The molecular formula is C9H7ClFNO2. The molecule has 14 heavy (non-hydrogen) atoms. The van der Waals surface area contributed by atoms with Crippen LogP contribution in [0.4, 0.5) is 10.1 Å². The molecule has 0 atom stereocenters. The minimum atomic E-state index is -0.645. The number of hydrogen-bond donors (Lipinski definition) is 0. The molecule has 0 N–H and O–H groups in total. The molecule has 0 saturated carbocycles. The molecule has 0 aliphatic rings. The van der Waals surface area contributed by atoms with Crippen molar-refractivity contribution in [1.82, 2.24) is 0 Å². The Morgan fingerprint density at radius 2 is 2.36 bits per heavy atom. The molecule has 3 nitrogen and oxygen atoms in total. The number of nitrogens with zero attached hydrogens (tertiary/aromatic N) is 1. The summed E-state index contributed by atoms with van der Waals surface area (Å²) in [5, 5.41) is 0.0841. The van der Waals surface area contributed by atoms with Gasteiger partial charge in [0.25, 0.3) is 0 Å². The smallest absolute Gasteiger partial charge is 0.240 e. The quantitative estimate of drug-likeness (QED) is 0.575. The Hall–Kier alpha value is -1.38. The molecule has 0 saturated heterocycles. The van der Waals surface area contributed by atoms with Crippen LogP contribution in [0, 0.1) is 5.82 Å². The molecule has 0 bridgehead atoms. The van der Waals surface area contributed by atoms with E-state index < -0.39 is 5.82 Å². The van der Waals surface area contributed by atoms with Crippen LogP contribution in [0.1, 0.15) is 6.92 Å². The number of hydrogen-bond acceptors (Lipinski definition) is 3. The predicted molar refractivity (Wildman–Crippen MR) is 50.4 cm³/mol. The molecule has 0 spiro atoms. The highest BCUT2D eigenvalue weighted by Crippen LogP contribution is 2.32. The molecule has 0 aliphatic carbocycles. The van der Waals surface area contributed by atoms with Crippen LogP contribution < -0.4 is 4.74 Å². The van der Waals surface area contributed by atoms with Gasteiger partial charge >= 0.3 is 0 Å². The molecule has 0 aromatic heterocycles. The van der Waals surface area contributed by atoms with Crippen LogP contribution in [0.2, 0.25) is 5.02 Å². The topological polar surface area (TPSA) is 38.7 Å². The third kappa shape index (κ3) is 2.31. The van der Waals surface area contributed by atoms with E-state index in [1.807, 2.05) is 0 Å². The summed E-state index contributed by atoms with van der Waals surface area (Å²) in [4.78, 5) is 13.2. The second-order valence-corrected chi connectivity index (χ2v) is 2.78. The summed E-state index contributed by atoms with van der Waals surface area (Å²) < 4.78 is 18.2. The van der Waals surface area contributed by atoms with Crippen molar-refractivity contribution in [1.29, 1.82) is 0 Å². The summed E-state index contributed by atoms with van der Waals surface area (Å²) in [6.07, 6.45) is 1.30. The standard InChI is InChI=1S/C9H7ClFNO2/c1-2-14-9-7(10)3-6(12-5-13)4-8(9)11/h3-4H,2H2,1H3. The van der Waals surface area contributed by atoms with E-state index in [4.69, 9.17) is 16.3 Å². The van der Waals surface area contributed by atoms with Crippen LogP contribution in [0.5, 0.6) is 5.75 Å². The molecule has 1 aromatic rings. The molecule has 5 heteroatoms. The van der Waals surface area contributed by atoms with Crippen molar-refractivity contribution in [2.45, 2.75) is 6.92 Å². The van der Waals surface area contributed by atoms with E-state index >= 15 is 0 Å². The Labute approximate surface area is 85.2 Å². The number of halogens is 2. The molecular weight excluding hydrogens is 209 g/mol. The highest BCUT2D eigenvalue weighted by Gasteiger charge is 2.10. The lowest BCUT2D eigenvalue weighted by atomic mass is 10.3. The average Bonchev–Trinajstić information content (AvgIpc) is 2.12. The summed E-state index contributed by atoms with van der Waals surface area (Å²) in [5.41, 5.74) is 0.117. The maximum Gasteiger partial charge on any atom is 0.240 e. The fourth-order valence-corrected chi connectivity index (χ4v) is 1.20. The number of isocyanates is 1. The zero-order valence-electron chi connectivity index (χ0n) is 7.38. The first-order valence-electron chi connectivity index (χ1n) is 3.88. The Kier molecular flexibility index (Phi) is 3.63. The van der Waals surface area contributed by atoms with Gasteiger partial charge in [0, 0.05) is 6.07 Å². The van der Waals surface area contributed by atoms with E-state index in [2.05, 4.69) is 4.99 Å². The van der Waals surface area contributed by atoms with Crippen LogP contribution in [0.15, 0.2) is 17.1 Å². The third-order valence-electron chi connectivity index (χ3n) is 1.45. The number of rotatable bonds is 3. The highest BCUT2D eigenvalue weighted by atomic mass is 35.5. The normalized spacial score (nSPS) is 9.36. The molecule has 0 unspecified atom stereocenters. The minimum absolute atomic E-state index is 0.0287. The van der Waals surface area contributed by atoms with Crippen molar-refractivity contribution >= 4 is 23.4 Å². The number of aliphatic imine (C=N–C) groups is 1. The molecule has 0 amide bonds. The van der Waals surface area contributed by atoms with Gasteiger partial charge < -0.3 is 4.74 Å². The van der Waals surface area contributed by atoms with Gasteiger partial charge in [-0.2, -0.15) is 4.99 Å². The van der Waals surface area contributed by atoms with Gasteiger partial charge in [-0.05, 0) is 13.0 Å². The van der Waals surface area contributed by atoms with Crippen molar-refractivity contribution in [3.05, 3.63) is 23.0 Å². The monoisotopic (exact) mass is 215 g/mol. The van der Waals surface area contributed by atoms with Gasteiger partial charge in [0.2, 0.25) is 6.08 Å². The predicted octanol–water partition coefficient (Wildman–Crippen LogP) is 2.85. The van der Waals surface area contributed by atoms with Gasteiger partial charge in [-0.1, -0.05) is 11.6 Å².